The van der Waals surface area contributed by atoms with Gasteiger partial charge in [0.05, 0.1) is 11.3 Å². The molecular formula is C18H19N3O2. The number of carboxylic acid groups (broad SMARTS) is 1. The Bertz CT molecular complexity index is 750. The maximum Gasteiger partial charge on any atom is 0.335 e. The predicted octanol–water partition coefficient (Wildman–Crippen LogP) is 2.93. The third kappa shape index (κ3) is 2.56. The number of nitrogens with zero attached hydrogens (tertiary/aromatic N) is 3. The van der Waals surface area contributed by atoms with E-state index in [0.29, 0.717) is 5.56 Å². The second-order valence-corrected chi connectivity index (χ2v) is 6.23. The third-order valence-electron chi connectivity index (χ3n) is 4.72. The SMILES string of the molecule is O=C(O)c1ccc(-c2nc(N3CCCC3)nc3c2CCC3)cc1. The molecule has 0 bridgehead atoms. The Morgan fingerprint density at radius 3 is 2.43 bits per heavy atom. The van der Waals surface area contributed by atoms with Gasteiger partial charge in [-0.25, -0.2) is 14.8 Å². The highest BCUT2D eigenvalue weighted by Gasteiger charge is 2.23. The van der Waals surface area contributed by atoms with Crippen molar-refractivity contribution in [2.24, 2.45) is 0 Å². The molecule has 2 aromatic rings. The van der Waals surface area contributed by atoms with E-state index in [4.69, 9.17) is 15.1 Å². The van der Waals surface area contributed by atoms with Gasteiger partial charge in [-0.1, -0.05) is 12.1 Å². The fourth-order valence-corrected chi connectivity index (χ4v) is 3.49. The molecule has 5 nitrogen and oxygen atoms in total. The summed E-state index contributed by atoms with van der Waals surface area (Å²) in [5.41, 5.74) is 4.66. The zero-order valence-corrected chi connectivity index (χ0v) is 13.0. The molecule has 5 heteroatoms. The van der Waals surface area contributed by atoms with Crippen molar-refractivity contribution in [1.82, 2.24) is 9.97 Å². The molecule has 2 aliphatic rings. The van der Waals surface area contributed by atoms with E-state index >= 15 is 0 Å². The lowest BCUT2D eigenvalue weighted by Crippen LogP contribution is -2.21. The van der Waals surface area contributed by atoms with Crippen LogP contribution in [0.25, 0.3) is 11.3 Å². The van der Waals surface area contributed by atoms with Crippen LogP contribution in [-0.4, -0.2) is 34.1 Å². The van der Waals surface area contributed by atoms with Crippen LogP contribution < -0.4 is 4.90 Å². The normalized spacial score (nSPS) is 16.6. The molecule has 0 amide bonds. The third-order valence-corrected chi connectivity index (χ3v) is 4.72. The molecule has 1 fully saturated rings. The van der Waals surface area contributed by atoms with Crippen LogP contribution in [0.1, 0.15) is 40.9 Å². The molecule has 1 aliphatic carbocycles. The molecule has 1 aromatic carbocycles. The fourth-order valence-electron chi connectivity index (χ4n) is 3.49. The average molecular weight is 309 g/mol. The Morgan fingerprint density at radius 2 is 1.74 bits per heavy atom. The summed E-state index contributed by atoms with van der Waals surface area (Å²) in [6, 6.07) is 7.02. The van der Waals surface area contributed by atoms with Crippen LogP contribution in [-0.2, 0) is 12.8 Å². The molecule has 1 saturated heterocycles. The number of fused-ring (bicyclic) bond motifs is 1. The summed E-state index contributed by atoms with van der Waals surface area (Å²) < 4.78 is 0. The minimum absolute atomic E-state index is 0.305. The lowest BCUT2D eigenvalue weighted by atomic mass is 10.0. The summed E-state index contributed by atoms with van der Waals surface area (Å²) in [5.74, 6) is -0.0670. The second kappa shape index (κ2) is 5.65. The van der Waals surface area contributed by atoms with E-state index in [0.717, 1.165) is 49.6 Å². The van der Waals surface area contributed by atoms with E-state index in [2.05, 4.69) is 4.90 Å². The summed E-state index contributed by atoms with van der Waals surface area (Å²) in [5, 5.41) is 9.06. The van der Waals surface area contributed by atoms with Gasteiger partial charge in [0.15, 0.2) is 0 Å². The maximum absolute atomic E-state index is 11.0. The van der Waals surface area contributed by atoms with Crippen molar-refractivity contribution in [1.29, 1.82) is 0 Å². The minimum Gasteiger partial charge on any atom is -0.478 e. The van der Waals surface area contributed by atoms with Crippen LogP contribution in [0.4, 0.5) is 5.95 Å². The first-order valence-corrected chi connectivity index (χ1v) is 8.21. The number of benzene rings is 1. The standard InChI is InChI=1S/C18H19N3O2/c22-17(23)13-8-6-12(7-9-13)16-14-4-3-5-15(14)19-18(20-16)21-10-1-2-11-21/h6-9H,1-5,10-11H2,(H,22,23). The first-order chi connectivity index (χ1) is 11.2. The van der Waals surface area contributed by atoms with Gasteiger partial charge < -0.3 is 10.0 Å². The van der Waals surface area contributed by atoms with E-state index in [9.17, 15) is 4.79 Å². The summed E-state index contributed by atoms with van der Waals surface area (Å²) in [6.45, 7) is 2.05. The number of aromatic carboxylic acids is 1. The van der Waals surface area contributed by atoms with Crippen LogP contribution in [0.15, 0.2) is 24.3 Å². The van der Waals surface area contributed by atoms with Crippen molar-refractivity contribution in [3.63, 3.8) is 0 Å². The number of rotatable bonds is 3. The van der Waals surface area contributed by atoms with Gasteiger partial charge in [0.2, 0.25) is 5.95 Å². The number of carboxylic acids is 1. The van der Waals surface area contributed by atoms with Crippen LogP contribution in [0.3, 0.4) is 0 Å². The van der Waals surface area contributed by atoms with Crippen molar-refractivity contribution in [3.8, 4) is 11.3 Å². The number of carbonyl (C=O) groups is 1. The number of aromatic nitrogens is 2. The summed E-state index contributed by atoms with van der Waals surface area (Å²) in [4.78, 5) is 22.9. The van der Waals surface area contributed by atoms with Crippen molar-refractivity contribution in [2.75, 3.05) is 18.0 Å². The van der Waals surface area contributed by atoms with Crippen molar-refractivity contribution >= 4 is 11.9 Å². The lowest BCUT2D eigenvalue weighted by molar-refractivity contribution is 0.0697. The Balaban J connectivity index is 1.78. The first-order valence-electron chi connectivity index (χ1n) is 8.21. The molecule has 118 valence electrons. The Hall–Kier alpha value is -2.43. The van der Waals surface area contributed by atoms with E-state index in [1.807, 2.05) is 12.1 Å². The predicted molar refractivity (Wildman–Crippen MR) is 87.9 cm³/mol. The molecule has 2 heterocycles. The fraction of sp³-hybridized carbons (Fsp3) is 0.389. The molecule has 0 unspecified atom stereocenters. The zero-order valence-electron chi connectivity index (χ0n) is 13.0. The molecule has 1 N–H and O–H groups in total. The molecule has 4 rings (SSSR count). The topological polar surface area (TPSA) is 66.3 Å². The van der Waals surface area contributed by atoms with Crippen LogP contribution >= 0.6 is 0 Å². The van der Waals surface area contributed by atoms with Crippen LogP contribution in [0.2, 0.25) is 0 Å². The first kappa shape index (κ1) is 14.2. The minimum atomic E-state index is -0.901. The monoisotopic (exact) mass is 309 g/mol. The van der Waals surface area contributed by atoms with Gasteiger partial charge in [0, 0.05) is 29.9 Å². The zero-order chi connectivity index (χ0) is 15.8. The molecule has 0 spiro atoms. The Kier molecular flexibility index (Phi) is 3.48. The van der Waals surface area contributed by atoms with Crippen molar-refractivity contribution in [3.05, 3.63) is 41.1 Å². The van der Waals surface area contributed by atoms with Crippen molar-refractivity contribution in [2.45, 2.75) is 32.1 Å². The molecule has 0 radical (unpaired) electrons. The van der Waals surface area contributed by atoms with E-state index in [-0.39, 0.29) is 0 Å². The Morgan fingerprint density at radius 1 is 1.00 bits per heavy atom. The van der Waals surface area contributed by atoms with Gasteiger partial charge >= 0.3 is 5.97 Å². The largest absolute Gasteiger partial charge is 0.478 e. The van der Waals surface area contributed by atoms with Crippen molar-refractivity contribution < 1.29 is 9.90 Å². The number of hydrogen-bond acceptors (Lipinski definition) is 4. The summed E-state index contributed by atoms with van der Waals surface area (Å²) in [7, 11) is 0. The molecule has 23 heavy (non-hydrogen) atoms. The second-order valence-electron chi connectivity index (χ2n) is 6.23. The van der Waals surface area contributed by atoms with E-state index in [1.165, 1.54) is 24.1 Å². The number of aryl methyl sites for hydroxylation is 1. The number of anilines is 1. The highest BCUT2D eigenvalue weighted by atomic mass is 16.4. The van der Waals surface area contributed by atoms with Crippen LogP contribution in [0, 0.1) is 0 Å². The molecule has 0 atom stereocenters. The molecular weight excluding hydrogens is 290 g/mol. The van der Waals surface area contributed by atoms with E-state index < -0.39 is 5.97 Å². The number of hydrogen-bond donors (Lipinski definition) is 1. The maximum atomic E-state index is 11.0. The smallest absolute Gasteiger partial charge is 0.335 e. The van der Waals surface area contributed by atoms with Gasteiger partial charge in [-0.15, -0.1) is 0 Å². The summed E-state index contributed by atoms with van der Waals surface area (Å²) in [6.07, 6.45) is 5.53. The van der Waals surface area contributed by atoms with Gasteiger partial charge in [-0.05, 0) is 44.2 Å². The molecule has 1 aromatic heterocycles. The van der Waals surface area contributed by atoms with Crippen LogP contribution in [0.5, 0.6) is 0 Å². The van der Waals surface area contributed by atoms with Gasteiger partial charge in [0.25, 0.3) is 0 Å². The Labute approximate surface area is 135 Å². The highest BCUT2D eigenvalue weighted by molar-refractivity contribution is 5.88. The average Bonchev–Trinajstić information content (AvgIpc) is 3.25. The quantitative estimate of drug-likeness (QED) is 0.944. The van der Waals surface area contributed by atoms with Gasteiger partial charge in [-0.2, -0.15) is 0 Å². The van der Waals surface area contributed by atoms with Gasteiger partial charge in [-0.3, -0.25) is 0 Å². The molecule has 0 saturated carbocycles. The lowest BCUT2D eigenvalue weighted by Gasteiger charge is -2.18. The molecule has 1 aliphatic heterocycles. The van der Waals surface area contributed by atoms with E-state index in [1.54, 1.807) is 12.1 Å². The van der Waals surface area contributed by atoms with Gasteiger partial charge in [0.1, 0.15) is 0 Å². The summed E-state index contributed by atoms with van der Waals surface area (Å²) >= 11 is 0. The highest BCUT2D eigenvalue weighted by Crippen LogP contribution is 2.32.